The number of nitrogens with zero attached hydrogens (tertiary/aromatic N) is 2. The molecule has 0 spiro atoms. The van der Waals surface area contributed by atoms with Gasteiger partial charge in [-0.25, -0.2) is 4.98 Å². The number of aromatic nitrogens is 3. The molecule has 0 bridgehead atoms. The fraction of sp³-hybridized carbons (Fsp3) is 0.273. The van der Waals surface area contributed by atoms with Gasteiger partial charge in [-0.1, -0.05) is 30.3 Å². The molecule has 1 atom stereocenters. The van der Waals surface area contributed by atoms with Gasteiger partial charge in [-0.2, -0.15) is 5.10 Å². The molecule has 0 aliphatic carbocycles. The molecule has 0 fully saturated rings. The van der Waals surface area contributed by atoms with Crippen molar-refractivity contribution in [1.82, 2.24) is 15.2 Å². The second-order valence-corrected chi connectivity index (χ2v) is 4.07. The fourth-order valence-electron chi connectivity index (χ4n) is 1.36. The second kappa shape index (κ2) is 4.45. The molecule has 2 rings (SSSR count). The zero-order valence-corrected chi connectivity index (χ0v) is 9.20. The molecule has 1 heterocycles. The van der Waals surface area contributed by atoms with Crippen molar-refractivity contribution in [3.05, 3.63) is 47.5 Å². The lowest BCUT2D eigenvalue weighted by Gasteiger charge is -1.96. The van der Waals surface area contributed by atoms with Gasteiger partial charge in [-0.3, -0.25) is 5.10 Å². The van der Waals surface area contributed by atoms with Gasteiger partial charge < -0.3 is 0 Å². The average Bonchev–Trinajstić information content (AvgIpc) is 2.68. The summed E-state index contributed by atoms with van der Waals surface area (Å²) in [6.45, 7) is 1.86. The van der Waals surface area contributed by atoms with Crippen LogP contribution in [0.5, 0.6) is 0 Å². The van der Waals surface area contributed by atoms with Gasteiger partial charge in [0.2, 0.25) is 0 Å². The van der Waals surface area contributed by atoms with E-state index in [0.717, 1.165) is 12.2 Å². The molecule has 15 heavy (non-hydrogen) atoms. The maximum atomic E-state index is 5.87. The van der Waals surface area contributed by atoms with Crippen molar-refractivity contribution in [1.29, 1.82) is 0 Å². The van der Waals surface area contributed by atoms with Crippen LogP contribution in [0, 0.1) is 0 Å². The molecular formula is C11H12ClN3. The number of alkyl halides is 1. The third-order valence-corrected chi connectivity index (χ3v) is 2.31. The van der Waals surface area contributed by atoms with E-state index in [-0.39, 0.29) is 5.38 Å². The number of rotatable bonds is 3. The SMILES string of the molecule is CC(Cl)c1n[nH]c(Cc2ccccc2)n1. The number of hydrogen-bond donors (Lipinski definition) is 1. The van der Waals surface area contributed by atoms with E-state index in [4.69, 9.17) is 11.6 Å². The van der Waals surface area contributed by atoms with Crippen molar-refractivity contribution in [2.75, 3.05) is 0 Å². The average molecular weight is 222 g/mol. The van der Waals surface area contributed by atoms with Crippen molar-refractivity contribution < 1.29 is 0 Å². The Morgan fingerprint density at radius 1 is 1.33 bits per heavy atom. The summed E-state index contributed by atoms with van der Waals surface area (Å²) in [7, 11) is 0. The lowest BCUT2D eigenvalue weighted by atomic mass is 10.1. The Morgan fingerprint density at radius 2 is 2.07 bits per heavy atom. The lowest BCUT2D eigenvalue weighted by molar-refractivity contribution is 0.917. The molecule has 0 amide bonds. The minimum Gasteiger partial charge on any atom is -0.263 e. The zero-order chi connectivity index (χ0) is 10.7. The molecule has 1 N–H and O–H groups in total. The minimum atomic E-state index is -0.147. The fourth-order valence-corrected chi connectivity index (χ4v) is 1.45. The van der Waals surface area contributed by atoms with Crippen LogP contribution in [-0.4, -0.2) is 15.2 Å². The predicted octanol–water partition coefficient (Wildman–Crippen LogP) is 2.70. The normalized spacial score (nSPS) is 12.7. The number of H-pyrrole nitrogens is 1. The highest BCUT2D eigenvalue weighted by atomic mass is 35.5. The first-order chi connectivity index (χ1) is 7.25. The Morgan fingerprint density at radius 3 is 2.67 bits per heavy atom. The van der Waals surface area contributed by atoms with Gasteiger partial charge in [0, 0.05) is 6.42 Å². The smallest absolute Gasteiger partial charge is 0.168 e. The van der Waals surface area contributed by atoms with Crippen molar-refractivity contribution in [2.24, 2.45) is 0 Å². The summed E-state index contributed by atoms with van der Waals surface area (Å²) in [5, 5.41) is 6.79. The Hall–Kier alpha value is -1.35. The van der Waals surface area contributed by atoms with Gasteiger partial charge >= 0.3 is 0 Å². The summed E-state index contributed by atoms with van der Waals surface area (Å²) >= 11 is 5.87. The highest BCUT2D eigenvalue weighted by molar-refractivity contribution is 6.20. The first kappa shape index (κ1) is 10.2. The highest BCUT2D eigenvalue weighted by Crippen LogP contribution is 2.15. The molecule has 1 aromatic heterocycles. The van der Waals surface area contributed by atoms with Gasteiger partial charge in [0.25, 0.3) is 0 Å². The summed E-state index contributed by atoms with van der Waals surface area (Å²) in [5.41, 5.74) is 1.21. The standard InChI is InChI=1S/C11H12ClN3/c1-8(12)11-13-10(14-15-11)7-9-5-3-2-4-6-9/h2-6,8H,7H2,1H3,(H,13,14,15). The van der Waals surface area contributed by atoms with Crippen LogP contribution in [0.1, 0.15) is 29.5 Å². The van der Waals surface area contributed by atoms with E-state index in [1.807, 2.05) is 25.1 Å². The first-order valence-electron chi connectivity index (χ1n) is 4.85. The Kier molecular flexibility index (Phi) is 3.02. The van der Waals surface area contributed by atoms with Crippen molar-refractivity contribution in [3.63, 3.8) is 0 Å². The van der Waals surface area contributed by atoms with Crippen molar-refractivity contribution >= 4 is 11.6 Å². The van der Waals surface area contributed by atoms with E-state index >= 15 is 0 Å². The monoisotopic (exact) mass is 221 g/mol. The lowest BCUT2D eigenvalue weighted by Crippen LogP contribution is -1.91. The van der Waals surface area contributed by atoms with Gasteiger partial charge in [-0.15, -0.1) is 11.6 Å². The molecule has 3 nitrogen and oxygen atoms in total. The third-order valence-electron chi connectivity index (χ3n) is 2.12. The summed E-state index contributed by atoms with van der Waals surface area (Å²) in [6, 6.07) is 10.1. The van der Waals surface area contributed by atoms with E-state index in [9.17, 15) is 0 Å². The Bertz CT molecular complexity index is 422. The minimum absolute atomic E-state index is 0.147. The number of nitrogens with one attached hydrogen (secondary N) is 1. The van der Waals surface area contributed by atoms with E-state index in [0.29, 0.717) is 5.82 Å². The van der Waals surface area contributed by atoms with Gasteiger partial charge in [0.1, 0.15) is 5.82 Å². The molecule has 0 radical (unpaired) electrons. The molecule has 1 aromatic carbocycles. The van der Waals surface area contributed by atoms with Gasteiger partial charge in [0.05, 0.1) is 5.38 Å². The van der Waals surface area contributed by atoms with Crippen LogP contribution in [0.3, 0.4) is 0 Å². The topological polar surface area (TPSA) is 41.6 Å². The molecule has 0 saturated heterocycles. The van der Waals surface area contributed by atoms with Gasteiger partial charge in [-0.05, 0) is 12.5 Å². The number of aromatic amines is 1. The maximum Gasteiger partial charge on any atom is 0.168 e. The van der Waals surface area contributed by atoms with Crippen LogP contribution in [0.2, 0.25) is 0 Å². The quantitative estimate of drug-likeness (QED) is 0.810. The summed E-state index contributed by atoms with van der Waals surface area (Å²) < 4.78 is 0. The molecule has 4 heteroatoms. The Labute approximate surface area is 93.5 Å². The summed E-state index contributed by atoms with van der Waals surface area (Å²) in [5.74, 6) is 1.51. The zero-order valence-electron chi connectivity index (χ0n) is 8.44. The molecule has 0 aliphatic heterocycles. The molecule has 0 saturated carbocycles. The van der Waals surface area contributed by atoms with Crippen LogP contribution in [0.4, 0.5) is 0 Å². The van der Waals surface area contributed by atoms with Crippen LogP contribution in [-0.2, 0) is 6.42 Å². The van der Waals surface area contributed by atoms with Crippen LogP contribution in [0.25, 0.3) is 0 Å². The molecule has 78 valence electrons. The molecule has 0 aliphatic rings. The first-order valence-corrected chi connectivity index (χ1v) is 5.28. The van der Waals surface area contributed by atoms with Crippen LogP contribution < -0.4 is 0 Å². The van der Waals surface area contributed by atoms with Crippen molar-refractivity contribution in [3.8, 4) is 0 Å². The Balaban J connectivity index is 2.12. The molecular weight excluding hydrogens is 210 g/mol. The van der Waals surface area contributed by atoms with E-state index in [1.165, 1.54) is 5.56 Å². The largest absolute Gasteiger partial charge is 0.263 e. The predicted molar refractivity (Wildman–Crippen MR) is 59.9 cm³/mol. The number of halogens is 1. The van der Waals surface area contributed by atoms with Gasteiger partial charge in [0.15, 0.2) is 5.82 Å². The second-order valence-electron chi connectivity index (χ2n) is 3.42. The van der Waals surface area contributed by atoms with E-state index < -0.39 is 0 Å². The molecule has 2 aromatic rings. The molecule has 1 unspecified atom stereocenters. The highest BCUT2D eigenvalue weighted by Gasteiger charge is 2.08. The maximum absolute atomic E-state index is 5.87. The summed E-state index contributed by atoms with van der Waals surface area (Å²) in [4.78, 5) is 4.31. The van der Waals surface area contributed by atoms with Crippen molar-refractivity contribution in [2.45, 2.75) is 18.7 Å². The van der Waals surface area contributed by atoms with E-state index in [2.05, 4.69) is 27.3 Å². The van der Waals surface area contributed by atoms with E-state index in [1.54, 1.807) is 0 Å². The summed E-state index contributed by atoms with van der Waals surface area (Å²) in [6.07, 6.45) is 0.761. The van der Waals surface area contributed by atoms with Crippen LogP contribution in [0.15, 0.2) is 30.3 Å². The number of hydrogen-bond acceptors (Lipinski definition) is 2. The third kappa shape index (κ3) is 2.57. The number of benzene rings is 1. The van der Waals surface area contributed by atoms with Crippen LogP contribution >= 0.6 is 11.6 Å².